The molecule has 1 N–H and O–H groups in total. The van der Waals surface area contributed by atoms with Crippen molar-refractivity contribution in [2.75, 3.05) is 10.8 Å². The molecule has 0 fully saturated rings. The van der Waals surface area contributed by atoms with Gasteiger partial charge >= 0.3 is 0 Å². The average Bonchev–Trinajstić information content (AvgIpc) is 2.88. The molecule has 3 rings (SSSR count). The number of amides is 2. The molecule has 12 heteroatoms. The highest BCUT2D eigenvalue weighted by Crippen LogP contribution is 2.28. The monoisotopic (exact) mass is 657 g/mol. The van der Waals surface area contributed by atoms with Crippen molar-refractivity contribution in [1.82, 2.24) is 10.2 Å². The molecule has 220 valence electrons. The summed E-state index contributed by atoms with van der Waals surface area (Å²) in [6.45, 7) is 6.66. The molecule has 0 saturated carbocycles. The van der Waals surface area contributed by atoms with Crippen LogP contribution in [0.2, 0.25) is 20.1 Å². The zero-order valence-electron chi connectivity index (χ0n) is 23.0. The van der Waals surface area contributed by atoms with Crippen LogP contribution in [0.15, 0.2) is 71.6 Å². The molecule has 0 aliphatic carbocycles. The third-order valence-corrected chi connectivity index (χ3v) is 9.01. The fourth-order valence-corrected chi connectivity index (χ4v) is 6.14. The lowest BCUT2D eigenvalue weighted by Gasteiger charge is -2.34. The van der Waals surface area contributed by atoms with E-state index in [1.807, 2.05) is 20.8 Å². The minimum Gasteiger partial charge on any atom is -0.350 e. The highest BCUT2D eigenvalue weighted by Gasteiger charge is 2.34. The molecule has 0 heterocycles. The number of anilines is 1. The van der Waals surface area contributed by atoms with Gasteiger partial charge in [-0.3, -0.25) is 13.9 Å². The van der Waals surface area contributed by atoms with Gasteiger partial charge in [0, 0.05) is 22.1 Å². The Morgan fingerprint density at radius 3 is 2.10 bits per heavy atom. The van der Waals surface area contributed by atoms with Crippen LogP contribution in [0.4, 0.5) is 5.69 Å². The number of hydrogen-bond acceptors (Lipinski definition) is 4. The molecule has 7 nitrogen and oxygen atoms in total. The van der Waals surface area contributed by atoms with Gasteiger partial charge in [-0.1, -0.05) is 65.5 Å². The molecule has 0 aromatic heterocycles. The van der Waals surface area contributed by atoms with Gasteiger partial charge in [0.25, 0.3) is 10.0 Å². The van der Waals surface area contributed by atoms with E-state index in [9.17, 15) is 18.0 Å². The third-order valence-electron chi connectivity index (χ3n) is 6.00. The summed E-state index contributed by atoms with van der Waals surface area (Å²) in [5, 5.41) is 4.20. The van der Waals surface area contributed by atoms with E-state index >= 15 is 0 Å². The normalized spacial score (nSPS) is 12.5. The third kappa shape index (κ3) is 8.75. The zero-order valence-corrected chi connectivity index (χ0v) is 26.8. The van der Waals surface area contributed by atoms with Crippen LogP contribution >= 0.6 is 46.4 Å². The van der Waals surface area contributed by atoms with Crippen molar-refractivity contribution in [3.05, 3.63) is 92.4 Å². The summed E-state index contributed by atoms with van der Waals surface area (Å²) < 4.78 is 28.7. The van der Waals surface area contributed by atoms with Crippen molar-refractivity contribution < 1.29 is 18.0 Å². The SMILES string of the molecule is CCC(C(=O)NC(C)(C)C)N(Cc1ccc(Cl)c(Cl)c1)C(=O)CN(c1cccc(Cl)c1)S(=O)(=O)c1ccc(Cl)cc1. The summed E-state index contributed by atoms with van der Waals surface area (Å²) in [6.07, 6.45) is 0.274. The molecule has 0 bridgehead atoms. The maximum absolute atomic E-state index is 14.1. The number of benzene rings is 3. The van der Waals surface area contributed by atoms with Crippen LogP contribution in [0.25, 0.3) is 0 Å². The first-order valence-corrected chi connectivity index (χ1v) is 15.7. The van der Waals surface area contributed by atoms with Crippen molar-refractivity contribution >= 4 is 73.9 Å². The van der Waals surface area contributed by atoms with Crippen LogP contribution in [-0.4, -0.2) is 43.3 Å². The van der Waals surface area contributed by atoms with Crippen LogP contribution in [0.3, 0.4) is 0 Å². The number of nitrogens with zero attached hydrogens (tertiary/aromatic N) is 2. The minimum atomic E-state index is -4.25. The number of carbonyl (C=O) groups is 2. The van der Waals surface area contributed by atoms with Crippen LogP contribution in [0, 0.1) is 0 Å². The Morgan fingerprint density at radius 1 is 0.878 bits per heavy atom. The molecule has 0 aliphatic rings. The van der Waals surface area contributed by atoms with Gasteiger partial charge in [-0.15, -0.1) is 0 Å². The number of hydrogen-bond donors (Lipinski definition) is 1. The Bertz CT molecular complexity index is 1510. The van der Waals surface area contributed by atoms with Gasteiger partial charge < -0.3 is 10.2 Å². The summed E-state index contributed by atoms with van der Waals surface area (Å²) in [7, 11) is -4.25. The predicted molar refractivity (Wildman–Crippen MR) is 166 cm³/mol. The Morgan fingerprint density at radius 2 is 1.54 bits per heavy atom. The molecule has 3 aromatic carbocycles. The van der Waals surface area contributed by atoms with Crippen molar-refractivity contribution in [2.24, 2.45) is 0 Å². The van der Waals surface area contributed by atoms with Crippen molar-refractivity contribution in [2.45, 2.75) is 57.1 Å². The summed E-state index contributed by atoms with van der Waals surface area (Å²) in [4.78, 5) is 28.8. The summed E-state index contributed by atoms with van der Waals surface area (Å²) >= 11 is 24.5. The lowest BCUT2D eigenvalue weighted by atomic mass is 10.1. The summed E-state index contributed by atoms with van der Waals surface area (Å²) in [5.74, 6) is -0.979. The van der Waals surface area contributed by atoms with Gasteiger partial charge in [0.15, 0.2) is 0 Å². The first-order valence-electron chi connectivity index (χ1n) is 12.7. The number of halogens is 4. The van der Waals surface area contributed by atoms with Crippen LogP contribution < -0.4 is 9.62 Å². The van der Waals surface area contributed by atoms with E-state index in [0.717, 1.165) is 4.31 Å². The van der Waals surface area contributed by atoms with Crippen molar-refractivity contribution in [1.29, 1.82) is 0 Å². The number of rotatable bonds is 10. The maximum Gasteiger partial charge on any atom is 0.264 e. The lowest BCUT2D eigenvalue weighted by Crippen LogP contribution is -2.55. The van der Waals surface area contributed by atoms with Gasteiger partial charge in [0.2, 0.25) is 11.8 Å². The van der Waals surface area contributed by atoms with Crippen molar-refractivity contribution in [3.8, 4) is 0 Å². The zero-order chi connectivity index (χ0) is 30.5. The molecule has 1 atom stereocenters. The smallest absolute Gasteiger partial charge is 0.264 e. The quantitative estimate of drug-likeness (QED) is 0.249. The molecular formula is C29H31Cl4N3O4S. The topological polar surface area (TPSA) is 86.8 Å². The van der Waals surface area contributed by atoms with E-state index in [2.05, 4.69) is 5.32 Å². The first-order chi connectivity index (χ1) is 19.1. The molecule has 1 unspecified atom stereocenters. The first kappa shape index (κ1) is 33.0. The standard InChI is InChI=1S/C29H31Cl4N3O4S/c1-5-26(28(38)34-29(2,3)4)35(17-19-9-14-24(32)25(33)15-19)27(37)18-36(22-8-6-7-21(31)16-22)41(39,40)23-12-10-20(30)11-13-23/h6-16,26H,5,17-18H2,1-4H3,(H,34,38). The molecule has 41 heavy (non-hydrogen) atoms. The van der Waals surface area contributed by atoms with E-state index in [1.54, 1.807) is 43.3 Å². The van der Waals surface area contributed by atoms with Gasteiger partial charge in [0.05, 0.1) is 20.6 Å². The van der Waals surface area contributed by atoms with Gasteiger partial charge in [-0.2, -0.15) is 0 Å². The van der Waals surface area contributed by atoms with Gasteiger partial charge in [-0.25, -0.2) is 8.42 Å². The maximum atomic E-state index is 14.1. The second kappa shape index (κ2) is 13.7. The molecular weight excluding hydrogens is 628 g/mol. The second-order valence-corrected chi connectivity index (χ2v) is 13.9. The highest BCUT2D eigenvalue weighted by molar-refractivity contribution is 7.92. The molecule has 0 saturated heterocycles. The van der Waals surface area contributed by atoms with Crippen molar-refractivity contribution in [3.63, 3.8) is 0 Å². The summed E-state index contributed by atoms with van der Waals surface area (Å²) in [5.41, 5.74) is 0.236. The Hall–Kier alpha value is -2.49. The van der Waals surface area contributed by atoms with Crippen LogP contribution in [-0.2, 0) is 26.2 Å². The average molecular weight is 659 g/mol. The highest BCUT2D eigenvalue weighted by atomic mass is 35.5. The molecule has 0 radical (unpaired) electrons. The second-order valence-electron chi connectivity index (χ2n) is 10.4. The Balaban J connectivity index is 2.09. The fourth-order valence-electron chi connectivity index (χ4n) is 4.10. The van der Waals surface area contributed by atoms with Crippen LogP contribution in [0.5, 0.6) is 0 Å². The Labute approximate surface area is 261 Å². The van der Waals surface area contributed by atoms with E-state index in [-0.39, 0.29) is 39.5 Å². The van der Waals surface area contributed by atoms with E-state index in [1.165, 1.54) is 35.2 Å². The van der Waals surface area contributed by atoms with E-state index in [0.29, 0.717) is 15.6 Å². The Kier molecular flexibility index (Phi) is 11.0. The number of carbonyl (C=O) groups excluding carboxylic acids is 2. The van der Waals surface area contributed by atoms with Gasteiger partial charge in [0.1, 0.15) is 12.6 Å². The largest absolute Gasteiger partial charge is 0.350 e. The fraction of sp³-hybridized carbons (Fsp3) is 0.310. The molecule has 0 aliphatic heterocycles. The van der Waals surface area contributed by atoms with Crippen LogP contribution in [0.1, 0.15) is 39.7 Å². The molecule has 0 spiro atoms. The molecule has 3 aromatic rings. The van der Waals surface area contributed by atoms with E-state index < -0.39 is 34.1 Å². The van der Waals surface area contributed by atoms with Gasteiger partial charge in [-0.05, 0) is 87.4 Å². The van der Waals surface area contributed by atoms with E-state index in [4.69, 9.17) is 46.4 Å². The minimum absolute atomic E-state index is 0.0177. The predicted octanol–water partition coefficient (Wildman–Crippen LogP) is 7.22. The lowest BCUT2D eigenvalue weighted by molar-refractivity contribution is -0.141. The number of sulfonamides is 1. The molecule has 2 amide bonds. The summed E-state index contributed by atoms with van der Waals surface area (Å²) in [6, 6.07) is 15.8. The number of nitrogens with one attached hydrogen (secondary N) is 1.